The first-order valence-corrected chi connectivity index (χ1v) is 11.1. The van der Waals surface area contributed by atoms with Gasteiger partial charge in [0.15, 0.2) is 0 Å². The molecule has 0 unspecified atom stereocenters. The van der Waals surface area contributed by atoms with Gasteiger partial charge in [-0.25, -0.2) is 0 Å². The Bertz CT molecular complexity index is 411. The van der Waals surface area contributed by atoms with Crippen molar-refractivity contribution in [1.29, 1.82) is 0 Å². The van der Waals surface area contributed by atoms with Gasteiger partial charge in [0.2, 0.25) is 0 Å². The summed E-state index contributed by atoms with van der Waals surface area (Å²) in [5, 5.41) is 1.70. The van der Waals surface area contributed by atoms with Gasteiger partial charge in [-0.1, -0.05) is 58.6 Å². The summed E-state index contributed by atoms with van der Waals surface area (Å²) < 4.78 is 0. The summed E-state index contributed by atoms with van der Waals surface area (Å²) in [6, 6.07) is 2.54. The topological polar surface area (TPSA) is 0 Å². The Hall–Kier alpha value is -0.563. The second kappa shape index (κ2) is 6.05. The zero-order valence-corrected chi connectivity index (χ0v) is 14.4. The molecule has 0 amide bonds. The Kier molecular flexibility index (Phi) is 5.21. The van der Waals surface area contributed by atoms with E-state index in [2.05, 4.69) is 53.4 Å². The van der Waals surface area contributed by atoms with Crippen LogP contribution in [0.25, 0.3) is 0 Å². The molecule has 0 N–H and O–H groups in total. The Morgan fingerprint density at radius 3 is 1.56 bits per heavy atom. The molecule has 0 atom stereocenters. The molecule has 0 radical (unpaired) electrons. The zero-order valence-electron chi connectivity index (χ0n) is 13.4. The first-order valence-electron chi connectivity index (χ1n) is 7.57. The molecule has 1 rings (SSSR count). The van der Waals surface area contributed by atoms with Crippen molar-refractivity contribution in [3.8, 4) is 0 Å². The standard InChI is InChI=1S/C17H30Si/c1-8-13-12-17(18(5,6)7)16(11-4)15(10-3)14(13)9-2/h12H,8-11H2,1-7H3. The predicted octanol–water partition coefficient (Wildman–Crippen LogP) is 4.48. The van der Waals surface area contributed by atoms with Crippen molar-refractivity contribution in [2.45, 2.75) is 73.0 Å². The van der Waals surface area contributed by atoms with Crippen LogP contribution in [0.15, 0.2) is 6.07 Å². The minimum atomic E-state index is -1.23. The molecule has 0 fully saturated rings. The lowest BCUT2D eigenvalue weighted by molar-refractivity contribution is 0.950. The van der Waals surface area contributed by atoms with Gasteiger partial charge in [0.05, 0.1) is 8.07 Å². The van der Waals surface area contributed by atoms with Crippen molar-refractivity contribution in [2.75, 3.05) is 0 Å². The van der Waals surface area contributed by atoms with Crippen LogP contribution in [0.4, 0.5) is 0 Å². The van der Waals surface area contributed by atoms with Crippen LogP contribution < -0.4 is 5.19 Å². The largest absolute Gasteiger partial charge is 0.0779 e. The van der Waals surface area contributed by atoms with Crippen LogP contribution in [0.5, 0.6) is 0 Å². The summed E-state index contributed by atoms with van der Waals surface area (Å²) in [4.78, 5) is 0. The Morgan fingerprint density at radius 1 is 0.722 bits per heavy atom. The minimum absolute atomic E-state index is 1.18. The van der Waals surface area contributed by atoms with Crippen molar-refractivity contribution in [3.05, 3.63) is 28.3 Å². The fourth-order valence-electron chi connectivity index (χ4n) is 3.14. The summed E-state index contributed by atoms with van der Waals surface area (Å²) in [6.07, 6.45) is 4.75. The molecule has 1 aromatic rings. The highest BCUT2D eigenvalue weighted by atomic mass is 28.3. The van der Waals surface area contributed by atoms with Crippen molar-refractivity contribution in [1.82, 2.24) is 0 Å². The van der Waals surface area contributed by atoms with E-state index in [0.717, 1.165) is 0 Å². The van der Waals surface area contributed by atoms with Crippen LogP contribution in [-0.4, -0.2) is 8.07 Å². The highest BCUT2D eigenvalue weighted by molar-refractivity contribution is 6.89. The monoisotopic (exact) mass is 262 g/mol. The van der Waals surface area contributed by atoms with E-state index in [1.165, 1.54) is 25.7 Å². The molecule has 1 aromatic carbocycles. The SMILES string of the molecule is CCc1cc([Si](C)(C)C)c(CC)c(CC)c1CC. The third-order valence-electron chi connectivity index (χ3n) is 4.01. The Morgan fingerprint density at radius 2 is 1.22 bits per heavy atom. The van der Waals surface area contributed by atoms with Gasteiger partial charge in [-0.05, 0) is 47.9 Å². The maximum absolute atomic E-state index is 2.54. The van der Waals surface area contributed by atoms with Crippen LogP contribution in [0.1, 0.15) is 49.9 Å². The van der Waals surface area contributed by atoms with Crippen LogP contribution in [-0.2, 0) is 25.7 Å². The van der Waals surface area contributed by atoms with Gasteiger partial charge in [-0.15, -0.1) is 0 Å². The Balaban J connectivity index is 3.64. The summed E-state index contributed by atoms with van der Waals surface area (Å²) in [6.45, 7) is 16.7. The molecule has 1 heteroatoms. The van der Waals surface area contributed by atoms with E-state index in [0.29, 0.717) is 0 Å². The average Bonchev–Trinajstić information content (AvgIpc) is 2.34. The smallest absolute Gasteiger partial charge is 0.0656 e. The minimum Gasteiger partial charge on any atom is -0.0656 e. The number of aryl methyl sites for hydroxylation is 1. The van der Waals surface area contributed by atoms with E-state index >= 15 is 0 Å². The molecule has 0 aliphatic carbocycles. The molecular weight excluding hydrogens is 232 g/mol. The molecule has 0 aliphatic heterocycles. The van der Waals surface area contributed by atoms with Gasteiger partial charge < -0.3 is 0 Å². The molecule has 102 valence electrons. The van der Waals surface area contributed by atoms with Crippen molar-refractivity contribution >= 4 is 13.3 Å². The predicted molar refractivity (Wildman–Crippen MR) is 86.9 cm³/mol. The molecule has 0 spiro atoms. The molecule has 0 bridgehead atoms. The number of hydrogen-bond acceptors (Lipinski definition) is 0. The van der Waals surface area contributed by atoms with Gasteiger partial charge >= 0.3 is 0 Å². The van der Waals surface area contributed by atoms with Gasteiger partial charge in [-0.3, -0.25) is 0 Å². The van der Waals surface area contributed by atoms with E-state index in [9.17, 15) is 0 Å². The number of benzene rings is 1. The number of hydrogen-bond donors (Lipinski definition) is 0. The van der Waals surface area contributed by atoms with Gasteiger partial charge in [0, 0.05) is 0 Å². The fourth-order valence-corrected chi connectivity index (χ4v) is 4.98. The lowest BCUT2D eigenvalue weighted by atomic mass is 9.90. The van der Waals surface area contributed by atoms with Gasteiger partial charge in [0.25, 0.3) is 0 Å². The molecule has 0 nitrogen and oxygen atoms in total. The van der Waals surface area contributed by atoms with E-state index in [-0.39, 0.29) is 0 Å². The number of rotatable bonds is 5. The van der Waals surface area contributed by atoms with Crippen LogP contribution >= 0.6 is 0 Å². The first-order chi connectivity index (χ1) is 8.40. The summed E-state index contributed by atoms with van der Waals surface area (Å²) in [5.74, 6) is 0. The zero-order chi connectivity index (χ0) is 13.9. The second-order valence-corrected chi connectivity index (χ2v) is 11.2. The van der Waals surface area contributed by atoms with Crippen molar-refractivity contribution in [2.24, 2.45) is 0 Å². The highest BCUT2D eigenvalue weighted by Crippen LogP contribution is 2.23. The summed E-state index contributed by atoms with van der Waals surface area (Å²) in [5.41, 5.74) is 6.57. The lowest BCUT2D eigenvalue weighted by Gasteiger charge is -2.27. The normalized spacial score (nSPS) is 11.9. The quantitative estimate of drug-likeness (QED) is 0.686. The summed E-state index contributed by atoms with van der Waals surface area (Å²) in [7, 11) is -1.23. The second-order valence-electron chi connectivity index (χ2n) is 6.18. The van der Waals surface area contributed by atoms with E-state index in [4.69, 9.17) is 0 Å². The van der Waals surface area contributed by atoms with E-state index < -0.39 is 8.07 Å². The third kappa shape index (κ3) is 2.88. The first kappa shape index (κ1) is 15.5. The third-order valence-corrected chi connectivity index (χ3v) is 6.07. The highest BCUT2D eigenvalue weighted by Gasteiger charge is 2.23. The lowest BCUT2D eigenvalue weighted by Crippen LogP contribution is -2.41. The van der Waals surface area contributed by atoms with Crippen LogP contribution in [0.3, 0.4) is 0 Å². The van der Waals surface area contributed by atoms with Gasteiger partial charge in [-0.2, -0.15) is 0 Å². The summed E-state index contributed by atoms with van der Waals surface area (Å²) >= 11 is 0. The Labute approximate surface area is 115 Å². The molecule has 0 aliphatic rings. The van der Waals surface area contributed by atoms with E-state index in [1.807, 2.05) is 0 Å². The van der Waals surface area contributed by atoms with Gasteiger partial charge in [0.1, 0.15) is 0 Å². The maximum Gasteiger partial charge on any atom is 0.0779 e. The van der Waals surface area contributed by atoms with Crippen molar-refractivity contribution < 1.29 is 0 Å². The van der Waals surface area contributed by atoms with Crippen LogP contribution in [0, 0.1) is 0 Å². The molecule has 18 heavy (non-hydrogen) atoms. The van der Waals surface area contributed by atoms with E-state index in [1.54, 1.807) is 27.4 Å². The maximum atomic E-state index is 2.54. The molecular formula is C17H30Si. The molecule has 0 saturated carbocycles. The van der Waals surface area contributed by atoms with Crippen molar-refractivity contribution in [3.63, 3.8) is 0 Å². The fraction of sp³-hybridized carbons (Fsp3) is 0.647. The average molecular weight is 263 g/mol. The molecule has 0 saturated heterocycles. The van der Waals surface area contributed by atoms with Crippen LogP contribution in [0.2, 0.25) is 19.6 Å². The molecule has 0 aromatic heterocycles. The molecule has 0 heterocycles.